The molecule has 0 spiro atoms. The first kappa shape index (κ1) is 18.4. The van der Waals surface area contributed by atoms with E-state index in [2.05, 4.69) is 0 Å². The van der Waals surface area contributed by atoms with Gasteiger partial charge in [-0.25, -0.2) is 12.8 Å². The Morgan fingerprint density at radius 2 is 2.15 bits per heavy atom. The molecular formula is C19H22FNO5S. The summed E-state index contributed by atoms with van der Waals surface area (Å²) in [5.74, 6) is -0.584. The SMILES string of the molecule is Cc1c(C(=O)N(C[C@H]2CCCO2)[C@H]2CCS(=O)(=O)C2)oc2ccc(F)cc12. The summed E-state index contributed by atoms with van der Waals surface area (Å²) in [6.07, 6.45) is 2.08. The molecule has 2 saturated heterocycles. The lowest BCUT2D eigenvalue weighted by molar-refractivity contribution is 0.0419. The molecule has 1 amide bonds. The Morgan fingerprint density at radius 1 is 1.33 bits per heavy atom. The summed E-state index contributed by atoms with van der Waals surface area (Å²) in [6.45, 7) is 2.70. The van der Waals surface area contributed by atoms with E-state index in [4.69, 9.17) is 9.15 Å². The summed E-state index contributed by atoms with van der Waals surface area (Å²) in [5, 5.41) is 0.550. The number of aryl methyl sites for hydroxylation is 1. The van der Waals surface area contributed by atoms with Crippen LogP contribution >= 0.6 is 0 Å². The zero-order valence-electron chi connectivity index (χ0n) is 15.1. The lowest BCUT2D eigenvalue weighted by Gasteiger charge is -2.30. The van der Waals surface area contributed by atoms with Gasteiger partial charge in [-0.15, -0.1) is 0 Å². The molecular weight excluding hydrogens is 373 g/mol. The maximum absolute atomic E-state index is 13.6. The number of halogens is 1. The highest BCUT2D eigenvalue weighted by Gasteiger charge is 2.38. The molecule has 3 heterocycles. The number of benzene rings is 1. The van der Waals surface area contributed by atoms with Crippen LogP contribution in [0.1, 0.15) is 35.4 Å². The molecule has 0 bridgehead atoms. The number of amides is 1. The van der Waals surface area contributed by atoms with Gasteiger partial charge in [0, 0.05) is 30.1 Å². The first-order chi connectivity index (χ1) is 12.8. The number of nitrogens with zero attached hydrogens (tertiary/aromatic N) is 1. The summed E-state index contributed by atoms with van der Waals surface area (Å²) < 4.78 is 48.9. The van der Waals surface area contributed by atoms with E-state index in [1.54, 1.807) is 11.8 Å². The highest BCUT2D eigenvalue weighted by Crippen LogP contribution is 2.29. The number of sulfone groups is 1. The quantitative estimate of drug-likeness (QED) is 0.796. The summed E-state index contributed by atoms with van der Waals surface area (Å²) in [4.78, 5) is 14.9. The number of hydrogen-bond donors (Lipinski definition) is 0. The molecule has 2 aromatic rings. The molecule has 146 valence electrons. The van der Waals surface area contributed by atoms with E-state index in [0.717, 1.165) is 12.8 Å². The number of fused-ring (bicyclic) bond motifs is 1. The Kier molecular flexibility index (Phi) is 4.71. The number of ether oxygens (including phenoxy) is 1. The first-order valence-electron chi connectivity index (χ1n) is 9.16. The second-order valence-corrected chi connectivity index (χ2v) is 9.57. The molecule has 4 rings (SSSR count). The van der Waals surface area contributed by atoms with Crippen LogP contribution in [0, 0.1) is 12.7 Å². The Bertz CT molecular complexity index is 977. The summed E-state index contributed by atoms with van der Waals surface area (Å²) in [7, 11) is -3.15. The maximum atomic E-state index is 13.6. The first-order valence-corrected chi connectivity index (χ1v) is 11.0. The summed E-state index contributed by atoms with van der Waals surface area (Å²) in [6, 6.07) is 3.73. The molecule has 0 saturated carbocycles. The number of carbonyl (C=O) groups excluding carboxylic acids is 1. The lowest BCUT2D eigenvalue weighted by atomic mass is 10.1. The van der Waals surface area contributed by atoms with Crippen LogP contribution in [-0.2, 0) is 14.6 Å². The predicted molar refractivity (Wildman–Crippen MR) is 98.0 cm³/mol. The molecule has 0 aliphatic carbocycles. The van der Waals surface area contributed by atoms with E-state index in [0.29, 0.717) is 36.1 Å². The minimum absolute atomic E-state index is 0.0423. The van der Waals surface area contributed by atoms with Gasteiger partial charge >= 0.3 is 0 Å². The van der Waals surface area contributed by atoms with Crippen LogP contribution in [-0.4, -0.2) is 56.0 Å². The Morgan fingerprint density at radius 3 is 2.81 bits per heavy atom. The van der Waals surface area contributed by atoms with Crippen molar-refractivity contribution in [3.63, 3.8) is 0 Å². The predicted octanol–water partition coefficient (Wildman–Crippen LogP) is 2.69. The lowest BCUT2D eigenvalue weighted by Crippen LogP contribution is -2.45. The van der Waals surface area contributed by atoms with Gasteiger partial charge in [0.15, 0.2) is 15.6 Å². The number of furan rings is 1. The van der Waals surface area contributed by atoms with Gasteiger partial charge in [-0.2, -0.15) is 0 Å². The minimum Gasteiger partial charge on any atom is -0.451 e. The highest BCUT2D eigenvalue weighted by atomic mass is 32.2. The largest absolute Gasteiger partial charge is 0.451 e. The van der Waals surface area contributed by atoms with E-state index < -0.39 is 21.7 Å². The van der Waals surface area contributed by atoms with Gasteiger partial charge in [-0.05, 0) is 44.4 Å². The Balaban J connectivity index is 1.68. The van der Waals surface area contributed by atoms with Crippen molar-refractivity contribution in [2.45, 2.75) is 38.3 Å². The van der Waals surface area contributed by atoms with E-state index in [-0.39, 0.29) is 29.3 Å². The molecule has 2 aliphatic rings. The molecule has 0 radical (unpaired) electrons. The zero-order valence-corrected chi connectivity index (χ0v) is 15.9. The molecule has 6 nitrogen and oxygen atoms in total. The molecule has 2 aliphatic heterocycles. The van der Waals surface area contributed by atoms with E-state index in [9.17, 15) is 17.6 Å². The van der Waals surface area contributed by atoms with Gasteiger partial charge in [0.1, 0.15) is 11.4 Å². The van der Waals surface area contributed by atoms with Crippen LogP contribution in [0.25, 0.3) is 11.0 Å². The van der Waals surface area contributed by atoms with Crippen molar-refractivity contribution < 1.29 is 26.8 Å². The van der Waals surface area contributed by atoms with Gasteiger partial charge in [-0.3, -0.25) is 4.79 Å². The molecule has 2 fully saturated rings. The third kappa shape index (κ3) is 3.60. The van der Waals surface area contributed by atoms with Crippen LogP contribution in [0.4, 0.5) is 4.39 Å². The Hall–Kier alpha value is -1.93. The number of carbonyl (C=O) groups is 1. The average Bonchev–Trinajstić information content (AvgIpc) is 3.33. The molecule has 27 heavy (non-hydrogen) atoms. The van der Waals surface area contributed by atoms with Gasteiger partial charge in [0.2, 0.25) is 0 Å². The zero-order chi connectivity index (χ0) is 19.2. The fraction of sp³-hybridized carbons (Fsp3) is 0.526. The maximum Gasteiger partial charge on any atom is 0.290 e. The van der Waals surface area contributed by atoms with Gasteiger partial charge in [0.05, 0.1) is 17.6 Å². The van der Waals surface area contributed by atoms with Crippen molar-refractivity contribution in [3.05, 3.63) is 35.3 Å². The second kappa shape index (κ2) is 6.91. The summed E-state index contributed by atoms with van der Waals surface area (Å²) >= 11 is 0. The minimum atomic E-state index is -3.15. The molecule has 8 heteroatoms. The highest BCUT2D eigenvalue weighted by molar-refractivity contribution is 7.91. The fourth-order valence-electron chi connectivity index (χ4n) is 3.95. The van der Waals surface area contributed by atoms with Crippen molar-refractivity contribution in [3.8, 4) is 0 Å². The molecule has 1 aromatic heterocycles. The van der Waals surface area contributed by atoms with Gasteiger partial charge in [-0.1, -0.05) is 0 Å². The Labute approximate surface area is 157 Å². The van der Waals surface area contributed by atoms with Crippen LogP contribution < -0.4 is 0 Å². The molecule has 0 unspecified atom stereocenters. The van der Waals surface area contributed by atoms with E-state index in [1.165, 1.54) is 18.2 Å². The molecule has 2 atom stereocenters. The van der Waals surface area contributed by atoms with Crippen molar-refractivity contribution >= 4 is 26.7 Å². The van der Waals surface area contributed by atoms with Crippen molar-refractivity contribution in [2.75, 3.05) is 24.7 Å². The van der Waals surface area contributed by atoms with Crippen LogP contribution in [0.3, 0.4) is 0 Å². The monoisotopic (exact) mass is 395 g/mol. The fourth-order valence-corrected chi connectivity index (χ4v) is 5.68. The smallest absolute Gasteiger partial charge is 0.290 e. The number of hydrogen-bond acceptors (Lipinski definition) is 5. The topological polar surface area (TPSA) is 76.8 Å². The molecule has 0 N–H and O–H groups in total. The van der Waals surface area contributed by atoms with Gasteiger partial charge in [0.25, 0.3) is 5.91 Å². The van der Waals surface area contributed by atoms with Crippen LogP contribution in [0.5, 0.6) is 0 Å². The van der Waals surface area contributed by atoms with E-state index >= 15 is 0 Å². The molecule has 1 aromatic carbocycles. The van der Waals surface area contributed by atoms with Crippen LogP contribution in [0.2, 0.25) is 0 Å². The summed E-state index contributed by atoms with van der Waals surface area (Å²) in [5.41, 5.74) is 1.00. The standard InChI is InChI=1S/C19H22FNO5S/c1-12-16-9-13(20)4-5-17(16)26-18(12)19(22)21(10-15-3-2-7-25-15)14-6-8-27(23,24)11-14/h4-5,9,14-15H,2-3,6-8,10-11H2,1H3/t14-,15+/m0/s1. The second-order valence-electron chi connectivity index (χ2n) is 7.35. The third-order valence-electron chi connectivity index (χ3n) is 5.43. The third-order valence-corrected chi connectivity index (χ3v) is 7.18. The van der Waals surface area contributed by atoms with Crippen LogP contribution in [0.15, 0.2) is 22.6 Å². The van der Waals surface area contributed by atoms with Gasteiger partial charge < -0.3 is 14.1 Å². The van der Waals surface area contributed by atoms with Crippen molar-refractivity contribution in [1.29, 1.82) is 0 Å². The van der Waals surface area contributed by atoms with Crippen molar-refractivity contribution in [2.24, 2.45) is 0 Å². The average molecular weight is 395 g/mol. The van der Waals surface area contributed by atoms with Crippen molar-refractivity contribution in [1.82, 2.24) is 4.90 Å². The number of rotatable bonds is 4. The normalized spacial score (nSPS) is 24.5. The van der Waals surface area contributed by atoms with E-state index in [1.807, 2.05) is 0 Å².